The van der Waals surface area contributed by atoms with Gasteiger partial charge in [0.2, 0.25) is 11.0 Å². The van der Waals surface area contributed by atoms with E-state index in [0.717, 1.165) is 11.8 Å². The molecule has 0 saturated carbocycles. The number of halogens is 4. The highest BCUT2D eigenvalue weighted by Gasteiger charge is 2.19. The third-order valence-corrected chi connectivity index (χ3v) is 3.62. The molecule has 2 N–H and O–H groups in total. The first-order valence-electron chi connectivity index (χ1n) is 5.05. The van der Waals surface area contributed by atoms with Crippen molar-refractivity contribution < 1.29 is 13.2 Å². The largest absolute Gasteiger partial charge is 0.335 e. The predicted molar refractivity (Wildman–Crippen MR) is 66.1 cm³/mol. The Balaban J connectivity index is 2.15. The summed E-state index contributed by atoms with van der Waals surface area (Å²) >= 11 is 6.82. The van der Waals surface area contributed by atoms with Gasteiger partial charge in [-0.25, -0.2) is 17.8 Å². The van der Waals surface area contributed by atoms with Crippen LogP contribution < -0.4 is 5.84 Å². The van der Waals surface area contributed by atoms with Crippen molar-refractivity contribution in [2.75, 3.05) is 5.84 Å². The number of nitrogens with zero attached hydrogens (tertiary/aromatic N) is 3. The molecule has 2 aromatic rings. The number of alkyl halides is 2. The molecule has 0 saturated heterocycles. The summed E-state index contributed by atoms with van der Waals surface area (Å²) in [4.78, 5) is 0. The van der Waals surface area contributed by atoms with E-state index >= 15 is 0 Å². The fraction of sp³-hybridized carbons (Fsp3) is 0.200. The Morgan fingerprint density at radius 1 is 1.37 bits per heavy atom. The molecule has 19 heavy (non-hydrogen) atoms. The fourth-order valence-corrected chi connectivity index (χ4v) is 2.55. The molecule has 1 aromatic heterocycles. The lowest BCUT2D eigenvalue weighted by Gasteiger charge is -2.05. The van der Waals surface area contributed by atoms with E-state index in [1.165, 1.54) is 18.2 Å². The second kappa shape index (κ2) is 5.70. The monoisotopic (exact) mass is 308 g/mol. The van der Waals surface area contributed by atoms with Crippen molar-refractivity contribution in [2.45, 2.75) is 17.3 Å². The lowest BCUT2D eigenvalue weighted by molar-refractivity contribution is 0.136. The summed E-state index contributed by atoms with van der Waals surface area (Å²) in [6.07, 6.45) is -2.82. The molecule has 0 spiro atoms. The van der Waals surface area contributed by atoms with Gasteiger partial charge >= 0.3 is 0 Å². The van der Waals surface area contributed by atoms with E-state index in [1.807, 2.05) is 0 Å². The zero-order valence-electron chi connectivity index (χ0n) is 9.36. The van der Waals surface area contributed by atoms with Crippen molar-refractivity contribution in [1.82, 2.24) is 14.9 Å². The third kappa shape index (κ3) is 2.95. The quantitative estimate of drug-likeness (QED) is 0.697. The highest BCUT2D eigenvalue weighted by Crippen LogP contribution is 2.28. The maximum Gasteiger partial charge on any atom is 0.299 e. The summed E-state index contributed by atoms with van der Waals surface area (Å²) in [7, 11) is 0. The second-order valence-corrected chi connectivity index (χ2v) is 4.85. The van der Waals surface area contributed by atoms with Crippen molar-refractivity contribution in [3.63, 3.8) is 0 Å². The standard InChI is InChI=1S/C10H8ClF3N4S/c11-6-2-1-3-7(12)5(6)4-19-10-17-16-9(8(13)14)18(10)15/h1-3,8H,4,15H2. The molecule has 4 nitrogen and oxygen atoms in total. The van der Waals surface area contributed by atoms with Crippen LogP contribution in [0.4, 0.5) is 13.2 Å². The van der Waals surface area contributed by atoms with Crippen molar-refractivity contribution in [3.8, 4) is 0 Å². The van der Waals surface area contributed by atoms with Gasteiger partial charge < -0.3 is 5.84 Å². The highest BCUT2D eigenvalue weighted by molar-refractivity contribution is 7.98. The number of benzene rings is 1. The number of nitrogen functional groups attached to an aromatic ring is 1. The fourth-order valence-electron chi connectivity index (χ4n) is 1.34. The van der Waals surface area contributed by atoms with Crippen LogP contribution in [0.15, 0.2) is 23.4 Å². The lowest BCUT2D eigenvalue weighted by Crippen LogP contribution is -2.14. The molecule has 0 amide bonds. The second-order valence-electron chi connectivity index (χ2n) is 3.50. The molecule has 2 rings (SSSR count). The molecule has 9 heteroatoms. The van der Waals surface area contributed by atoms with E-state index in [2.05, 4.69) is 10.2 Å². The van der Waals surface area contributed by atoms with E-state index < -0.39 is 18.1 Å². The number of thioether (sulfide) groups is 1. The van der Waals surface area contributed by atoms with Crippen LogP contribution in [0.1, 0.15) is 17.8 Å². The lowest BCUT2D eigenvalue weighted by atomic mass is 10.2. The average molecular weight is 309 g/mol. The van der Waals surface area contributed by atoms with Crippen molar-refractivity contribution in [3.05, 3.63) is 40.4 Å². The first-order chi connectivity index (χ1) is 9.00. The third-order valence-electron chi connectivity index (χ3n) is 2.29. The molecule has 0 fully saturated rings. The minimum Gasteiger partial charge on any atom is -0.335 e. The average Bonchev–Trinajstić information content (AvgIpc) is 2.70. The first kappa shape index (κ1) is 14.0. The molecule has 1 heterocycles. The van der Waals surface area contributed by atoms with E-state index in [9.17, 15) is 13.2 Å². The van der Waals surface area contributed by atoms with Gasteiger partial charge in [0.15, 0.2) is 0 Å². The van der Waals surface area contributed by atoms with Crippen LogP contribution in [-0.4, -0.2) is 14.9 Å². The summed E-state index contributed by atoms with van der Waals surface area (Å²) in [6, 6.07) is 4.28. The molecular weight excluding hydrogens is 301 g/mol. The van der Waals surface area contributed by atoms with Crippen LogP contribution in [0.25, 0.3) is 0 Å². The molecule has 0 atom stereocenters. The minimum absolute atomic E-state index is 0.0645. The van der Waals surface area contributed by atoms with Gasteiger partial charge in [-0.15, -0.1) is 10.2 Å². The number of nitrogens with two attached hydrogens (primary N) is 1. The van der Waals surface area contributed by atoms with Crippen LogP contribution in [-0.2, 0) is 5.75 Å². The molecule has 0 aliphatic carbocycles. The maximum atomic E-state index is 13.5. The normalized spacial score (nSPS) is 11.2. The van der Waals surface area contributed by atoms with Crippen LogP contribution in [0.5, 0.6) is 0 Å². The maximum absolute atomic E-state index is 13.5. The topological polar surface area (TPSA) is 56.7 Å². The Kier molecular flexibility index (Phi) is 4.20. The zero-order chi connectivity index (χ0) is 14.0. The SMILES string of the molecule is Nn1c(SCc2c(F)cccc2Cl)nnc1C(F)F. The van der Waals surface area contributed by atoms with Gasteiger partial charge in [-0.05, 0) is 12.1 Å². The molecule has 0 aliphatic rings. The van der Waals surface area contributed by atoms with Crippen molar-refractivity contribution >= 4 is 23.4 Å². The molecular formula is C10H8ClF3N4S. The molecule has 1 aromatic carbocycles. The molecule has 102 valence electrons. The Hall–Kier alpha value is -1.41. The smallest absolute Gasteiger partial charge is 0.299 e. The van der Waals surface area contributed by atoms with E-state index in [4.69, 9.17) is 17.4 Å². The van der Waals surface area contributed by atoms with Crippen LogP contribution >= 0.6 is 23.4 Å². The van der Waals surface area contributed by atoms with Gasteiger partial charge in [-0.1, -0.05) is 29.4 Å². The van der Waals surface area contributed by atoms with E-state index in [-0.39, 0.29) is 21.5 Å². The highest BCUT2D eigenvalue weighted by atomic mass is 35.5. The van der Waals surface area contributed by atoms with Gasteiger partial charge in [0, 0.05) is 16.3 Å². The summed E-state index contributed by atoms with van der Waals surface area (Å²) < 4.78 is 39.1. The van der Waals surface area contributed by atoms with Gasteiger partial charge in [0.1, 0.15) is 5.82 Å². The van der Waals surface area contributed by atoms with Gasteiger partial charge in [0.25, 0.3) is 6.43 Å². The summed E-state index contributed by atoms with van der Waals surface area (Å²) in [5.74, 6) is 4.41. The van der Waals surface area contributed by atoms with Crippen LogP contribution in [0, 0.1) is 5.82 Å². The Morgan fingerprint density at radius 2 is 2.11 bits per heavy atom. The first-order valence-corrected chi connectivity index (χ1v) is 6.41. The number of hydrogen-bond acceptors (Lipinski definition) is 4. The van der Waals surface area contributed by atoms with Crippen LogP contribution in [0.3, 0.4) is 0 Å². The van der Waals surface area contributed by atoms with Crippen molar-refractivity contribution in [2.24, 2.45) is 0 Å². The molecule has 0 aliphatic heterocycles. The Bertz CT molecular complexity index is 570. The van der Waals surface area contributed by atoms with Crippen LogP contribution in [0.2, 0.25) is 5.02 Å². The van der Waals surface area contributed by atoms with Gasteiger partial charge in [0.05, 0.1) is 0 Å². The summed E-state index contributed by atoms with van der Waals surface area (Å²) in [5, 5.41) is 7.10. The molecule has 0 bridgehead atoms. The Morgan fingerprint density at radius 3 is 2.68 bits per heavy atom. The number of hydrogen-bond donors (Lipinski definition) is 1. The number of aromatic nitrogens is 3. The predicted octanol–water partition coefficient (Wildman–Crippen LogP) is 3.01. The van der Waals surface area contributed by atoms with Crippen molar-refractivity contribution in [1.29, 1.82) is 0 Å². The van der Waals surface area contributed by atoms with Gasteiger partial charge in [-0.2, -0.15) is 0 Å². The zero-order valence-corrected chi connectivity index (χ0v) is 10.9. The summed E-state index contributed by atoms with van der Waals surface area (Å²) in [6.45, 7) is 0. The summed E-state index contributed by atoms with van der Waals surface area (Å²) in [5.41, 5.74) is 0.260. The molecule has 0 radical (unpaired) electrons. The molecule has 0 unspecified atom stereocenters. The number of rotatable bonds is 4. The van der Waals surface area contributed by atoms with Gasteiger partial charge in [-0.3, -0.25) is 0 Å². The van der Waals surface area contributed by atoms with E-state index in [0.29, 0.717) is 4.68 Å². The minimum atomic E-state index is -2.82. The van der Waals surface area contributed by atoms with E-state index in [1.54, 1.807) is 0 Å². The Labute approximate surface area is 115 Å².